The van der Waals surface area contributed by atoms with Gasteiger partial charge in [-0.3, -0.25) is 19.2 Å². The number of nitrogens with one attached hydrogen (secondary N) is 3. The molecule has 0 saturated heterocycles. The molecule has 0 aromatic heterocycles. The molecule has 0 aliphatic carbocycles. The Bertz CT molecular complexity index is 637. The lowest BCUT2D eigenvalue weighted by atomic mass is 10.00. The quantitative estimate of drug-likeness (QED) is 0.212. The lowest BCUT2D eigenvalue weighted by Crippen LogP contribution is -2.57. The van der Waals surface area contributed by atoms with Crippen molar-refractivity contribution in [2.45, 2.75) is 78.0 Å². The van der Waals surface area contributed by atoms with E-state index in [0.717, 1.165) is 0 Å². The van der Waals surface area contributed by atoms with Crippen molar-refractivity contribution in [3.63, 3.8) is 0 Å². The summed E-state index contributed by atoms with van der Waals surface area (Å²) in [6.07, 6.45) is 0.0739. The molecule has 4 atom stereocenters. The van der Waals surface area contributed by atoms with E-state index in [1.165, 1.54) is 6.92 Å². The fourth-order valence-corrected chi connectivity index (χ4v) is 2.62. The number of carbonyl (C=O) groups excluding carboxylic acids is 4. The van der Waals surface area contributed by atoms with Crippen LogP contribution in [0.1, 0.15) is 53.9 Å². The minimum Gasteiger partial charge on any atom is -0.480 e. The van der Waals surface area contributed by atoms with Crippen molar-refractivity contribution in [3.05, 3.63) is 0 Å². The van der Waals surface area contributed by atoms with E-state index in [9.17, 15) is 24.0 Å². The van der Waals surface area contributed by atoms with Gasteiger partial charge in [0.1, 0.15) is 18.1 Å². The van der Waals surface area contributed by atoms with Crippen molar-refractivity contribution >= 4 is 29.6 Å². The van der Waals surface area contributed by atoms with Gasteiger partial charge in [0, 0.05) is 6.42 Å². The van der Waals surface area contributed by atoms with Gasteiger partial charge in [0.15, 0.2) is 0 Å². The number of carbonyl (C=O) groups is 5. The number of aliphatic carboxylic acids is 1. The fraction of sp³-hybridized carbons (Fsp3) is 0.737. The Labute approximate surface area is 176 Å². The van der Waals surface area contributed by atoms with Gasteiger partial charge in [-0.05, 0) is 31.6 Å². The number of carboxylic acids is 1. The van der Waals surface area contributed by atoms with Crippen molar-refractivity contribution in [1.29, 1.82) is 0 Å². The number of hydrogen-bond acceptors (Lipinski definition) is 6. The molecule has 0 fully saturated rings. The van der Waals surface area contributed by atoms with Crippen molar-refractivity contribution < 1.29 is 29.1 Å². The molecule has 11 heteroatoms. The van der Waals surface area contributed by atoms with Crippen LogP contribution in [-0.4, -0.2) is 58.9 Å². The molecule has 0 heterocycles. The van der Waals surface area contributed by atoms with E-state index >= 15 is 0 Å². The first-order valence-corrected chi connectivity index (χ1v) is 9.94. The zero-order valence-corrected chi connectivity index (χ0v) is 18.2. The second kappa shape index (κ2) is 12.8. The largest absolute Gasteiger partial charge is 0.480 e. The van der Waals surface area contributed by atoms with E-state index in [-0.39, 0.29) is 24.7 Å². The van der Waals surface area contributed by atoms with Crippen LogP contribution in [0.2, 0.25) is 0 Å². The van der Waals surface area contributed by atoms with Crippen LogP contribution >= 0.6 is 0 Å². The van der Waals surface area contributed by atoms with Gasteiger partial charge in [-0.25, -0.2) is 4.79 Å². The average molecular weight is 430 g/mol. The fourth-order valence-electron chi connectivity index (χ4n) is 2.62. The summed E-state index contributed by atoms with van der Waals surface area (Å²) in [5.74, 6) is -3.90. The highest BCUT2D eigenvalue weighted by molar-refractivity contribution is 5.94. The Morgan fingerprint density at radius 3 is 1.87 bits per heavy atom. The van der Waals surface area contributed by atoms with E-state index in [0.29, 0.717) is 6.42 Å². The topological polar surface area (TPSA) is 194 Å². The first-order chi connectivity index (χ1) is 13.8. The molecule has 4 amide bonds. The zero-order chi connectivity index (χ0) is 23.6. The molecule has 30 heavy (non-hydrogen) atoms. The summed E-state index contributed by atoms with van der Waals surface area (Å²) in [7, 11) is 0. The third-order valence-electron chi connectivity index (χ3n) is 4.36. The molecule has 8 N–H and O–H groups in total. The van der Waals surface area contributed by atoms with Crippen LogP contribution in [0.4, 0.5) is 0 Å². The highest BCUT2D eigenvalue weighted by Gasteiger charge is 2.30. The summed E-state index contributed by atoms with van der Waals surface area (Å²) in [5, 5.41) is 16.5. The first-order valence-electron chi connectivity index (χ1n) is 9.94. The van der Waals surface area contributed by atoms with Gasteiger partial charge in [0.2, 0.25) is 23.6 Å². The molecule has 0 aromatic rings. The number of hydrogen-bond donors (Lipinski definition) is 6. The van der Waals surface area contributed by atoms with Crippen LogP contribution in [0.5, 0.6) is 0 Å². The molecule has 0 spiro atoms. The highest BCUT2D eigenvalue weighted by Crippen LogP contribution is 2.07. The molecular formula is C19H35N5O6. The molecule has 0 aromatic carbocycles. The zero-order valence-electron chi connectivity index (χ0n) is 18.2. The number of rotatable bonds is 13. The van der Waals surface area contributed by atoms with Crippen LogP contribution in [0.25, 0.3) is 0 Å². The molecule has 0 aliphatic heterocycles. The monoisotopic (exact) mass is 429 g/mol. The summed E-state index contributed by atoms with van der Waals surface area (Å²) < 4.78 is 0. The summed E-state index contributed by atoms with van der Waals surface area (Å²) in [4.78, 5) is 59.2. The third kappa shape index (κ3) is 10.2. The number of primary amides is 1. The Morgan fingerprint density at radius 2 is 1.43 bits per heavy atom. The number of amides is 4. The van der Waals surface area contributed by atoms with E-state index in [1.54, 1.807) is 13.8 Å². The molecule has 4 unspecified atom stereocenters. The maximum atomic E-state index is 12.6. The number of carboxylic acid groups (broad SMARTS) is 1. The summed E-state index contributed by atoms with van der Waals surface area (Å²) in [6.45, 7) is 8.69. The van der Waals surface area contributed by atoms with Crippen molar-refractivity contribution in [2.75, 3.05) is 0 Å². The van der Waals surface area contributed by atoms with Crippen LogP contribution in [0.15, 0.2) is 0 Å². The first kappa shape index (κ1) is 27.3. The van der Waals surface area contributed by atoms with Gasteiger partial charge in [0.25, 0.3) is 0 Å². The Hall–Kier alpha value is -2.69. The number of nitrogens with two attached hydrogens (primary N) is 2. The Morgan fingerprint density at radius 1 is 0.867 bits per heavy atom. The van der Waals surface area contributed by atoms with Crippen LogP contribution in [0, 0.1) is 11.8 Å². The normalized spacial score (nSPS) is 15.1. The van der Waals surface area contributed by atoms with Gasteiger partial charge in [-0.15, -0.1) is 0 Å². The van der Waals surface area contributed by atoms with Gasteiger partial charge in [-0.1, -0.05) is 27.7 Å². The smallest absolute Gasteiger partial charge is 0.326 e. The lowest BCUT2D eigenvalue weighted by Gasteiger charge is -2.26. The molecule has 172 valence electrons. The lowest BCUT2D eigenvalue weighted by molar-refractivity contribution is -0.142. The molecule has 0 aliphatic rings. The maximum Gasteiger partial charge on any atom is 0.326 e. The maximum absolute atomic E-state index is 12.6. The summed E-state index contributed by atoms with van der Waals surface area (Å²) in [6, 6.07) is -4.08. The van der Waals surface area contributed by atoms with Crippen molar-refractivity contribution in [3.8, 4) is 0 Å². The van der Waals surface area contributed by atoms with Gasteiger partial charge in [0.05, 0.1) is 6.04 Å². The Kier molecular flexibility index (Phi) is 11.6. The second-order valence-corrected chi connectivity index (χ2v) is 8.10. The van der Waals surface area contributed by atoms with Gasteiger partial charge < -0.3 is 32.5 Å². The third-order valence-corrected chi connectivity index (χ3v) is 4.36. The van der Waals surface area contributed by atoms with E-state index in [4.69, 9.17) is 16.6 Å². The SMILES string of the molecule is CC(C)CC(N)C(=O)NC(C(=O)NC(C)C(=O)NC(CCC(N)=O)C(=O)O)C(C)C. The van der Waals surface area contributed by atoms with Crippen LogP contribution in [0.3, 0.4) is 0 Å². The van der Waals surface area contributed by atoms with Crippen LogP contribution < -0.4 is 27.4 Å². The average Bonchev–Trinajstić information content (AvgIpc) is 2.60. The molecule has 0 radical (unpaired) electrons. The van der Waals surface area contributed by atoms with Gasteiger partial charge >= 0.3 is 5.97 Å². The minimum absolute atomic E-state index is 0.171. The predicted octanol–water partition coefficient (Wildman–Crippen LogP) is -1.16. The second-order valence-electron chi connectivity index (χ2n) is 8.10. The van der Waals surface area contributed by atoms with Crippen LogP contribution in [-0.2, 0) is 24.0 Å². The summed E-state index contributed by atoms with van der Waals surface area (Å²) >= 11 is 0. The molecule has 0 rings (SSSR count). The van der Waals surface area contributed by atoms with Crippen molar-refractivity contribution in [2.24, 2.45) is 23.3 Å². The van der Waals surface area contributed by atoms with Crippen molar-refractivity contribution in [1.82, 2.24) is 16.0 Å². The molecule has 0 bridgehead atoms. The summed E-state index contributed by atoms with van der Waals surface area (Å²) in [5.41, 5.74) is 10.9. The standard InChI is InChI=1S/C19H35N5O6/c1-9(2)8-12(20)17(27)24-15(10(3)4)18(28)22-11(5)16(26)23-13(19(29)30)6-7-14(21)25/h9-13,15H,6-8,20H2,1-5H3,(H2,21,25)(H,22,28)(H,23,26)(H,24,27)(H,29,30). The Balaban J connectivity index is 4.97. The molecular weight excluding hydrogens is 394 g/mol. The highest BCUT2D eigenvalue weighted by atomic mass is 16.4. The molecule has 11 nitrogen and oxygen atoms in total. The minimum atomic E-state index is -1.32. The van der Waals surface area contributed by atoms with E-state index in [1.807, 2.05) is 13.8 Å². The van der Waals surface area contributed by atoms with E-state index < -0.39 is 53.8 Å². The van der Waals surface area contributed by atoms with Gasteiger partial charge in [-0.2, -0.15) is 0 Å². The van der Waals surface area contributed by atoms with E-state index in [2.05, 4.69) is 16.0 Å². The molecule has 0 saturated carbocycles. The predicted molar refractivity (Wildman–Crippen MR) is 110 cm³/mol.